The highest BCUT2D eigenvalue weighted by molar-refractivity contribution is 7.11. The van der Waals surface area contributed by atoms with Crippen molar-refractivity contribution in [1.29, 1.82) is 0 Å². The van der Waals surface area contributed by atoms with Gasteiger partial charge >= 0.3 is 0 Å². The molecule has 10 heavy (non-hydrogen) atoms. The van der Waals surface area contributed by atoms with Crippen molar-refractivity contribution in [3.63, 3.8) is 0 Å². The lowest BCUT2D eigenvalue weighted by molar-refractivity contribution is 0.766. The van der Waals surface area contributed by atoms with Gasteiger partial charge in [0.05, 0.1) is 5.01 Å². The largest absolute Gasteiger partial charge is 0.330 e. The van der Waals surface area contributed by atoms with Crippen LogP contribution < -0.4 is 5.73 Å². The third-order valence-electron chi connectivity index (χ3n) is 1.41. The third-order valence-corrected chi connectivity index (χ3v) is 2.56. The van der Waals surface area contributed by atoms with Gasteiger partial charge in [0.1, 0.15) is 0 Å². The van der Waals surface area contributed by atoms with Crippen molar-refractivity contribution in [2.45, 2.75) is 19.8 Å². The molecule has 1 aromatic heterocycles. The van der Waals surface area contributed by atoms with Gasteiger partial charge in [0.15, 0.2) is 0 Å². The summed E-state index contributed by atoms with van der Waals surface area (Å²) in [6, 6.07) is 0. The van der Waals surface area contributed by atoms with Crippen molar-refractivity contribution in [2.24, 2.45) is 5.73 Å². The molecule has 0 amide bonds. The van der Waals surface area contributed by atoms with Crippen molar-refractivity contribution in [3.8, 4) is 0 Å². The first-order chi connectivity index (χ1) is 4.74. The van der Waals surface area contributed by atoms with Gasteiger partial charge in [-0.15, -0.1) is 11.3 Å². The highest BCUT2D eigenvalue weighted by Gasteiger charge is 2.05. The van der Waals surface area contributed by atoms with Crippen LogP contribution in [0.1, 0.15) is 22.7 Å². The Morgan fingerprint density at radius 3 is 2.90 bits per heavy atom. The Morgan fingerprint density at radius 1 is 1.80 bits per heavy atom. The van der Waals surface area contributed by atoms with E-state index in [2.05, 4.69) is 18.8 Å². The summed E-state index contributed by atoms with van der Waals surface area (Å²) in [5.41, 5.74) is 5.48. The van der Waals surface area contributed by atoms with Gasteiger partial charge in [-0.2, -0.15) is 0 Å². The van der Waals surface area contributed by atoms with Crippen molar-refractivity contribution in [2.75, 3.05) is 6.54 Å². The van der Waals surface area contributed by atoms with E-state index < -0.39 is 0 Å². The van der Waals surface area contributed by atoms with E-state index in [1.807, 2.05) is 6.20 Å². The van der Waals surface area contributed by atoms with Crippen LogP contribution in [0.25, 0.3) is 0 Å². The zero-order valence-electron chi connectivity index (χ0n) is 6.29. The first-order valence-electron chi connectivity index (χ1n) is 3.36. The van der Waals surface area contributed by atoms with E-state index in [1.54, 1.807) is 11.3 Å². The Morgan fingerprint density at radius 2 is 2.50 bits per heavy atom. The number of nitrogens with two attached hydrogens (primary N) is 1. The molecule has 0 aliphatic carbocycles. The number of aromatic nitrogens is 1. The molecule has 0 fully saturated rings. The summed E-state index contributed by atoms with van der Waals surface area (Å²) in [4.78, 5) is 5.48. The molecule has 1 rings (SSSR count). The second-order valence-electron chi connectivity index (χ2n) is 2.45. The van der Waals surface area contributed by atoms with E-state index >= 15 is 0 Å². The highest BCUT2D eigenvalue weighted by Crippen LogP contribution is 2.19. The van der Waals surface area contributed by atoms with Crippen molar-refractivity contribution >= 4 is 11.3 Å². The van der Waals surface area contributed by atoms with Crippen LogP contribution in [0, 0.1) is 6.92 Å². The summed E-state index contributed by atoms with van der Waals surface area (Å²) >= 11 is 1.73. The van der Waals surface area contributed by atoms with Crippen molar-refractivity contribution in [1.82, 2.24) is 4.98 Å². The van der Waals surface area contributed by atoms with Crippen molar-refractivity contribution in [3.05, 3.63) is 16.1 Å². The number of hydrogen-bond acceptors (Lipinski definition) is 3. The summed E-state index contributed by atoms with van der Waals surface area (Å²) in [5.74, 6) is 0.415. The first-order valence-corrected chi connectivity index (χ1v) is 4.18. The molecular formula is C7H12N2S. The molecule has 56 valence electrons. The SMILES string of the molecule is Cc1cnc(C(C)CN)s1. The molecule has 1 heterocycles. The summed E-state index contributed by atoms with van der Waals surface area (Å²) in [5, 5.41) is 1.15. The van der Waals surface area contributed by atoms with Gasteiger partial charge in [0.2, 0.25) is 0 Å². The minimum atomic E-state index is 0.415. The van der Waals surface area contributed by atoms with Crippen LogP contribution in [-0.4, -0.2) is 11.5 Å². The van der Waals surface area contributed by atoms with Crippen LogP contribution in [0.2, 0.25) is 0 Å². The predicted molar refractivity (Wildman–Crippen MR) is 44.3 cm³/mol. The Hall–Kier alpha value is -0.410. The van der Waals surface area contributed by atoms with E-state index in [0.717, 1.165) is 5.01 Å². The van der Waals surface area contributed by atoms with Gasteiger partial charge in [-0.05, 0) is 6.92 Å². The van der Waals surface area contributed by atoms with E-state index in [1.165, 1.54) is 4.88 Å². The monoisotopic (exact) mass is 156 g/mol. The lowest BCUT2D eigenvalue weighted by atomic mass is 10.2. The number of aryl methyl sites for hydroxylation is 1. The zero-order chi connectivity index (χ0) is 7.56. The Kier molecular flexibility index (Phi) is 2.40. The van der Waals surface area contributed by atoms with Gasteiger partial charge in [-0.25, -0.2) is 4.98 Å². The normalized spacial score (nSPS) is 13.5. The maximum Gasteiger partial charge on any atom is 0.0968 e. The number of thiazole rings is 1. The molecule has 1 atom stereocenters. The lowest BCUT2D eigenvalue weighted by Crippen LogP contribution is -2.08. The standard InChI is InChI=1S/C7H12N2S/c1-5(3-8)7-9-4-6(2)10-7/h4-5H,3,8H2,1-2H3. The van der Waals surface area contributed by atoms with Crippen LogP contribution in [0.3, 0.4) is 0 Å². The average molecular weight is 156 g/mol. The molecule has 0 aliphatic rings. The number of nitrogens with zero attached hydrogens (tertiary/aromatic N) is 1. The molecule has 0 aliphatic heterocycles. The Labute approximate surface area is 65.1 Å². The highest BCUT2D eigenvalue weighted by atomic mass is 32.1. The topological polar surface area (TPSA) is 38.9 Å². The minimum absolute atomic E-state index is 0.415. The molecule has 0 spiro atoms. The van der Waals surface area contributed by atoms with Crippen LogP contribution in [0.4, 0.5) is 0 Å². The minimum Gasteiger partial charge on any atom is -0.330 e. The molecule has 0 saturated heterocycles. The molecular weight excluding hydrogens is 144 g/mol. The van der Waals surface area contributed by atoms with Gasteiger partial charge in [0.25, 0.3) is 0 Å². The number of rotatable bonds is 2. The Bertz CT molecular complexity index is 207. The second kappa shape index (κ2) is 3.12. The van der Waals surface area contributed by atoms with E-state index in [-0.39, 0.29) is 0 Å². The second-order valence-corrected chi connectivity index (χ2v) is 3.71. The average Bonchev–Trinajstić information content (AvgIpc) is 2.34. The first kappa shape index (κ1) is 7.69. The molecule has 0 saturated carbocycles. The maximum atomic E-state index is 5.48. The molecule has 3 heteroatoms. The summed E-state index contributed by atoms with van der Waals surface area (Å²) in [6.07, 6.45) is 1.90. The van der Waals surface area contributed by atoms with Crippen molar-refractivity contribution < 1.29 is 0 Å². The van der Waals surface area contributed by atoms with Crippen LogP contribution in [0.5, 0.6) is 0 Å². The van der Waals surface area contributed by atoms with Gasteiger partial charge in [0, 0.05) is 23.5 Å². The van der Waals surface area contributed by atoms with Gasteiger partial charge < -0.3 is 5.73 Å². The quantitative estimate of drug-likeness (QED) is 0.705. The fraction of sp³-hybridized carbons (Fsp3) is 0.571. The number of hydrogen-bond donors (Lipinski definition) is 1. The van der Waals surface area contributed by atoms with E-state index in [4.69, 9.17) is 5.73 Å². The van der Waals surface area contributed by atoms with Gasteiger partial charge in [-0.1, -0.05) is 6.92 Å². The predicted octanol–water partition coefficient (Wildman–Crippen LogP) is 1.51. The molecule has 0 aromatic carbocycles. The van der Waals surface area contributed by atoms with Crippen LogP contribution >= 0.6 is 11.3 Å². The summed E-state index contributed by atoms with van der Waals surface area (Å²) < 4.78 is 0. The molecule has 2 nitrogen and oxygen atoms in total. The molecule has 0 bridgehead atoms. The fourth-order valence-corrected chi connectivity index (χ4v) is 1.54. The molecule has 1 aromatic rings. The van der Waals surface area contributed by atoms with Crippen LogP contribution in [0.15, 0.2) is 6.20 Å². The smallest absolute Gasteiger partial charge is 0.0968 e. The maximum absolute atomic E-state index is 5.48. The molecule has 1 unspecified atom stereocenters. The third kappa shape index (κ3) is 1.55. The van der Waals surface area contributed by atoms with Crippen LogP contribution in [-0.2, 0) is 0 Å². The molecule has 2 N–H and O–H groups in total. The van der Waals surface area contributed by atoms with E-state index in [9.17, 15) is 0 Å². The summed E-state index contributed by atoms with van der Waals surface area (Å²) in [6.45, 7) is 4.84. The Balaban J connectivity index is 2.74. The van der Waals surface area contributed by atoms with Gasteiger partial charge in [-0.3, -0.25) is 0 Å². The fourth-order valence-electron chi connectivity index (χ4n) is 0.701. The summed E-state index contributed by atoms with van der Waals surface area (Å²) in [7, 11) is 0. The van der Waals surface area contributed by atoms with E-state index in [0.29, 0.717) is 12.5 Å². The lowest BCUT2D eigenvalue weighted by Gasteiger charge is -2.00. The zero-order valence-corrected chi connectivity index (χ0v) is 7.11. The molecule has 0 radical (unpaired) electrons.